The van der Waals surface area contributed by atoms with Crippen LogP contribution in [0, 0.1) is 0 Å². The SMILES string of the molecule is COc1cc(NCCc2ccc(C(F)(F)F)cc2)ccc1Cl. The molecule has 2 rings (SSSR count). The van der Waals surface area contributed by atoms with Crippen molar-refractivity contribution >= 4 is 17.3 Å². The molecule has 22 heavy (non-hydrogen) atoms. The zero-order chi connectivity index (χ0) is 16.2. The minimum atomic E-state index is -4.29. The second-order valence-corrected chi connectivity index (χ2v) is 5.13. The van der Waals surface area contributed by atoms with Crippen LogP contribution in [0.2, 0.25) is 5.02 Å². The topological polar surface area (TPSA) is 21.3 Å². The summed E-state index contributed by atoms with van der Waals surface area (Å²) in [7, 11) is 1.53. The molecule has 0 heterocycles. The van der Waals surface area contributed by atoms with E-state index in [2.05, 4.69) is 5.32 Å². The van der Waals surface area contributed by atoms with E-state index in [0.29, 0.717) is 23.7 Å². The molecule has 0 atom stereocenters. The molecule has 0 saturated heterocycles. The van der Waals surface area contributed by atoms with Crippen molar-refractivity contribution in [2.24, 2.45) is 0 Å². The van der Waals surface area contributed by atoms with E-state index < -0.39 is 11.7 Å². The van der Waals surface area contributed by atoms with Crippen LogP contribution in [0.5, 0.6) is 5.75 Å². The Kier molecular flexibility index (Phi) is 5.19. The summed E-state index contributed by atoms with van der Waals surface area (Å²) in [5.41, 5.74) is 1.04. The number of hydrogen-bond donors (Lipinski definition) is 1. The third-order valence-corrected chi connectivity index (χ3v) is 3.49. The Bertz CT molecular complexity index is 626. The molecule has 0 aliphatic carbocycles. The summed E-state index contributed by atoms with van der Waals surface area (Å²) < 4.78 is 42.5. The van der Waals surface area contributed by atoms with Gasteiger partial charge in [-0.25, -0.2) is 0 Å². The lowest BCUT2D eigenvalue weighted by Crippen LogP contribution is -2.07. The van der Waals surface area contributed by atoms with Gasteiger partial charge in [0, 0.05) is 18.3 Å². The minimum Gasteiger partial charge on any atom is -0.495 e. The van der Waals surface area contributed by atoms with Crippen molar-refractivity contribution in [1.82, 2.24) is 0 Å². The predicted octanol–water partition coefficient (Wildman–Crippen LogP) is 5.02. The van der Waals surface area contributed by atoms with Gasteiger partial charge < -0.3 is 10.1 Å². The zero-order valence-electron chi connectivity index (χ0n) is 11.9. The fourth-order valence-electron chi connectivity index (χ4n) is 1.98. The van der Waals surface area contributed by atoms with Crippen LogP contribution in [-0.2, 0) is 12.6 Å². The summed E-state index contributed by atoms with van der Waals surface area (Å²) in [4.78, 5) is 0. The molecule has 0 bridgehead atoms. The monoisotopic (exact) mass is 329 g/mol. The first-order chi connectivity index (χ1) is 10.4. The highest BCUT2D eigenvalue weighted by atomic mass is 35.5. The van der Waals surface area contributed by atoms with E-state index in [1.54, 1.807) is 12.1 Å². The van der Waals surface area contributed by atoms with Gasteiger partial charge in [-0.15, -0.1) is 0 Å². The number of anilines is 1. The molecule has 0 aromatic heterocycles. The van der Waals surface area contributed by atoms with Gasteiger partial charge in [0.25, 0.3) is 0 Å². The van der Waals surface area contributed by atoms with Gasteiger partial charge in [-0.2, -0.15) is 13.2 Å². The van der Waals surface area contributed by atoms with Gasteiger partial charge in [0.15, 0.2) is 0 Å². The van der Waals surface area contributed by atoms with Crippen molar-refractivity contribution in [1.29, 1.82) is 0 Å². The van der Waals surface area contributed by atoms with Gasteiger partial charge in [0.05, 0.1) is 17.7 Å². The molecule has 6 heteroatoms. The molecule has 2 nitrogen and oxygen atoms in total. The molecule has 0 saturated carbocycles. The maximum absolute atomic E-state index is 12.5. The quantitative estimate of drug-likeness (QED) is 0.831. The second kappa shape index (κ2) is 6.92. The molecule has 2 aromatic rings. The molecule has 2 aromatic carbocycles. The second-order valence-electron chi connectivity index (χ2n) is 4.72. The summed E-state index contributed by atoms with van der Waals surface area (Å²) in [6, 6.07) is 10.5. The van der Waals surface area contributed by atoms with Gasteiger partial charge in [-0.05, 0) is 36.2 Å². The number of rotatable bonds is 5. The van der Waals surface area contributed by atoms with Crippen molar-refractivity contribution in [2.45, 2.75) is 12.6 Å². The van der Waals surface area contributed by atoms with E-state index in [0.717, 1.165) is 23.4 Å². The Morgan fingerprint density at radius 1 is 1.09 bits per heavy atom. The summed E-state index contributed by atoms with van der Waals surface area (Å²) in [6.45, 7) is 0.593. The third-order valence-electron chi connectivity index (χ3n) is 3.18. The highest BCUT2D eigenvalue weighted by molar-refractivity contribution is 6.32. The van der Waals surface area contributed by atoms with Crippen LogP contribution in [0.1, 0.15) is 11.1 Å². The first kappa shape index (κ1) is 16.5. The van der Waals surface area contributed by atoms with E-state index in [4.69, 9.17) is 16.3 Å². The Balaban J connectivity index is 1.91. The number of nitrogens with one attached hydrogen (secondary N) is 1. The van der Waals surface area contributed by atoms with Crippen LogP contribution in [0.15, 0.2) is 42.5 Å². The number of methoxy groups -OCH3 is 1. The maximum atomic E-state index is 12.5. The van der Waals surface area contributed by atoms with Crippen molar-refractivity contribution < 1.29 is 17.9 Å². The van der Waals surface area contributed by atoms with Crippen LogP contribution in [0.25, 0.3) is 0 Å². The third kappa shape index (κ3) is 4.31. The van der Waals surface area contributed by atoms with Crippen molar-refractivity contribution in [3.8, 4) is 5.75 Å². The summed E-state index contributed by atoms with van der Waals surface area (Å²) >= 11 is 5.93. The highest BCUT2D eigenvalue weighted by Gasteiger charge is 2.29. The molecule has 0 fully saturated rings. The van der Waals surface area contributed by atoms with Gasteiger partial charge in [-0.1, -0.05) is 23.7 Å². The molecule has 0 aliphatic rings. The predicted molar refractivity (Wildman–Crippen MR) is 81.6 cm³/mol. The molecule has 0 unspecified atom stereocenters. The normalized spacial score (nSPS) is 11.3. The molecule has 0 spiro atoms. The largest absolute Gasteiger partial charge is 0.495 e. The number of hydrogen-bond acceptors (Lipinski definition) is 2. The molecular weight excluding hydrogens is 315 g/mol. The standard InChI is InChI=1S/C16H15ClF3NO/c1-22-15-10-13(6-7-14(15)17)21-9-8-11-2-4-12(5-3-11)16(18,19)20/h2-7,10,21H,8-9H2,1H3. The average Bonchev–Trinajstić information content (AvgIpc) is 2.48. The van der Waals surface area contributed by atoms with Crippen LogP contribution >= 0.6 is 11.6 Å². The number of halogens is 4. The van der Waals surface area contributed by atoms with E-state index in [1.807, 2.05) is 6.07 Å². The lowest BCUT2D eigenvalue weighted by Gasteiger charge is -2.10. The Morgan fingerprint density at radius 3 is 2.36 bits per heavy atom. The van der Waals surface area contributed by atoms with Crippen molar-refractivity contribution in [3.05, 3.63) is 58.6 Å². The fraction of sp³-hybridized carbons (Fsp3) is 0.250. The first-order valence-corrected chi connectivity index (χ1v) is 7.01. The smallest absolute Gasteiger partial charge is 0.416 e. The van der Waals surface area contributed by atoms with E-state index in [1.165, 1.54) is 19.2 Å². The van der Waals surface area contributed by atoms with E-state index in [9.17, 15) is 13.2 Å². The molecule has 0 aliphatic heterocycles. The van der Waals surface area contributed by atoms with Crippen LogP contribution in [0.4, 0.5) is 18.9 Å². The fourth-order valence-corrected chi connectivity index (χ4v) is 2.18. The lowest BCUT2D eigenvalue weighted by molar-refractivity contribution is -0.137. The van der Waals surface area contributed by atoms with Crippen molar-refractivity contribution in [2.75, 3.05) is 19.0 Å². The number of ether oxygens (including phenoxy) is 1. The van der Waals surface area contributed by atoms with Crippen LogP contribution in [-0.4, -0.2) is 13.7 Å². The molecule has 118 valence electrons. The summed E-state index contributed by atoms with van der Waals surface area (Å²) in [5, 5.41) is 3.70. The van der Waals surface area contributed by atoms with Gasteiger partial charge in [0.2, 0.25) is 0 Å². The van der Waals surface area contributed by atoms with Crippen LogP contribution < -0.4 is 10.1 Å². The molecule has 0 amide bonds. The Hall–Kier alpha value is -1.88. The van der Waals surface area contributed by atoms with Gasteiger partial charge >= 0.3 is 6.18 Å². The van der Waals surface area contributed by atoms with Crippen molar-refractivity contribution in [3.63, 3.8) is 0 Å². The van der Waals surface area contributed by atoms with E-state index in [-0.39, 0.29) is 0 Å². The molecular formula is C16H15ClF3NO. The minimum absolute atomic E-state index is 0.524. The Morgan fingerprint density at radius 2 is 1.77 bits per heavy atom. The molecule has 1 N–H and O–H groups in total. The lowest BCUT2D eigenvalue weighted by atomic mass is 10.1. The van der Waals surface area contributed by atoms with Crippen LogP contribution in [0.3, 0.4) is 0 Å². The summed E-state index contributed by atoms with van der Waals surface area (Å²) in [5.74, 6) is 0.571. The van der Waals surface area contributed by atoms with Gasteiger partial charge in [-0.3, -0.25) is 0 Å². The maximum Gasteiger partial charge on any atom is 0.416 e. The summed E-state index contributed by atoms with van der Waals surface area (Å²) in [6.07, 6.45) is -3.68. The molecule has 0 radical (unpaired) electrons. The average molecular weight is 330 g/mol. The highest BCUT2D eigenvalue weighted by Crippen LogP contribution is 2.29. The number of benzene rings is 2. The first-order valence-electron chi connectivity index (χ1n) is 6.63. The number of alkyl halides is 3. The van der Waals surface area contributed by atoms with Gasteiger partial charge in [0.1, 0.15) is 5.75 Å². The zero-order valence-corrected chi connectivity index (χ0v) is 12.6. The Labute approximate surface area is 131 Å². The van der Waals surface area contributed by atoms with E-state index >= 15 is 0 Å².